The molecule has 0 saturated heterocycles. The van der Waals surface area contributed by atoms with Crippen molar-refractivity contribution in [3.8, 4) is 11.4 Å². The number of fused-ring (bicyclic) bond motifs is 4. The minimum absolute atomic E-state index is 0.0158. The van der Waals surface area contributed by atoms with Crippen molar-refractivity contribution in [3.63, 3.8) is 0 Å². The molecule has 7 nitrogen and oxygen atoms in total. The molecular formula is C28H27N5O2. The zero-order valence-electron chi connectivity index (χ0n) is 19.3. The number of rotatable bonds is 5. The van der Waals surface area contributed by atoms with Gasteiger partial charge >= 0.3 is 0 Å². The van der Waals surface area contributed by atoms with Gasteiger partial charge in [0.2, 0.25) is 0 Å². The highest BCUT2D eigenvalue weighted by Gasteiger charge is 2.36. The monoisotopic (exact) mass is 465 g/mol. The first-order chi connectivity index (χ1) is 17.1. The van der Waals surface area contributed by atoms with Crippen LogP contribution in [0.4, 0.5) is 5.69 Å². The summed E-state index contributed by atoms with van der Waals surface area (Å²) in [6, 6.07) is 16.7. The minimum atomic E-state index is -0.198. The molecule has 176 valence electrons. The molecule has 1 atom stereocenters. The molecule has 3 saturated carbocycles. The number of hydrogen-bond acceptors (Lipinski definition) is 4. The molecule has 3 fully saturated rings. The molecule has 0 aliphatic heterocycles. The Morgan fingerprint density at radius 3 is 2.43 bits per heavy atom. The van der Waals surface area contributed by atoms with Gasteiger partial charge in [-0.1, -0.05) is 25.0 Å². The molecule has 4 aromatic rings. The van der Waals surface area contributed by atoms with Crippen molar-refractivity contribution in [2.75, 3.05) is 5.32 Å². The molecule has 2 aromatic heterocycles. The molecule has 2 aromatic carbocycles. The van der Waals surface area contributed by atoms with Crippen molar-refractivity contribution in [1.82, 2.24) is 20.3 Å². The molecule has 2 bridgehead atoms. The Balaban J connectivity index is 1.16. The predicted molar refractivity (Wildman–Crippen MR) is 135 cm³/mol. The summed E-state index contributed by atoms with van der Waals surface area (Å²) >= 11 is 0. The number of carbonyl (C=O) groups excluding carboxylic acids is 2. The largest absolute Gasteiger partial charge is 0.349 e. The van der Waals surface area contributed by atoms with Crippen LogP contribution in [0.1, 0.15) is 52.8 Å². The fourth-order valence-corrected chi connectivity index (χ4v) is 5.51. The van der Waals surface area contributed by atoms with E-state index in [2.05, 4.69) is 20.6 Å². The summed E-state index contributed by atoms with van der Waals surface area (Å²) < 4.78 is 0. The summed E-state index contributed by atoms with van der Waals surface area (Å²) in [7, 11) is 0. The van der Waals surface area contributed by atoms with Crippen molar-refractivity contribution in [1.29, 1.82) is 0 Å². The van der Waals surface area contributed by atoms with Gasteiger partial charge in [-0.05, 0) is 73.6 Å². The molecule has 0 radical (unpaired) electrons. The third-order valence-corrected chi connectivity index (χ3v) is 7.45. The van der Waals surface area contributed by atoms with Gasteiger partial charge in [0.05, 0.1) is 22.9 Å². The maximum absolute atomic E-state index is 13.0. The van der Waals surface area contributed by atoms with Gasteiger partial charge in [-0.3, -0.25) is 14.6 Å². The average molecular weight is 466 g/mol. The topological polar surface area (TPSA) is 99.8 Å². The van der Waals surface area contributed by atoms with Crippen LogP contribution < -0.4 is 10.6 Å². The number of pyridine rings is 1. The standard InChI is InChI=1S/C28H27N5O2/c34-27(30-22-2-1-13-29-16-22)20-9-7-19(8-10-20)26-31-23-12-11-21(15-25(23)32-26)28(35)33-24-14-17-3-5-18(24)6-4-17/h1-2,7-13,15-18,24H,3-6,14H2,(H,30,34)(H,31,32)(H,33,35). The molecule has 7 heteroatoms. The third kappa shape index (κ3) is 4.41. The summed E-state index contributed by atoms with van der Waals surface area (Å²) in [6.07, 6.45) is 9.48. The number of hydrogen-bond donors (Lipinski definition) is 3. The smallest absolute Gasteiger partial charge is 0.255 e. The lowest BCUT2D eigenvalue weighted by Crippen LogP contribution is -2.47. The van der Waals surface area contributed by atoms with Gasteiger partial charge in [0.25, 0.3) is 11.8 Å². The average Bonchev–Trinajstić information content (AvgIpc) is 3.34. The molecule has 3 N–H and O–H groups in total. The van der Waals surface area contributed by atoms with Crippen LogP contribution in [0, 0.1) is 11.8 Å². The van der Waals surface area contributed by atoms with Crippen LogP contribution in [-0.4, -0.2) is 32.8 Å². The zero-order valence-corrected chi connectivity index (χ0v) is 19.3. The Hall–Kier alpha value is -4.00. The Morgan fingerprint density at radius 2 is 1.71 bits per heavy atom. The van der Waals surface area contributed by atoms with E-state index in [0.717, 1.165) is 28.9 Å². The van der Waals surface area contributed by atoms with E-state index in [-0.39, 0.29) is 11.8 Å². The van der Waals surface area contributed by atoms with E-state index in [4.69, 9.17) is 4.98 Å². The quantitative estimate of drug-likeness (QED) is 0.378. The number of aromatic nitrogens is 3. The SMILES string of the molecule is O=C(Nc1cccnc1)c1ccc(-c2nc3cc(C(=O)NC4CC5CCC4CC5)ccc3[nH]2)cc1. The molecule has 35 heavy (non-hydrogen) atoms. The van der Waals surface area contributed by atoms with Gasteiger partial charge in [-0.2, -0.15) is 0 Å². The Morgan fingerprint density at radius 1 is 0.914 bits per heavy atom. The lowest BCUT2D eigenvalue weighted by atomic mass is 9.68. The number of nitrogens with one attached hydrogen (secondary N) is 3. The summed E-state index contributed by atoms with van der Waals surface area (Å²) in [4.78, 5) is 37.5. The molecule has 2 heterocycles. The van der Waals surface area contributed by atoms with Gasteiger partial charge in [0, 0.05) is 28.9 Å². The van der Waals surface area contributed by atoms with Crippen molar-refractivity contribution in [3.05, 3.63) is 78.1 Å². The van der Waals surface area contributed by atoms with E-state index in [1.807, 2.05) is 30.3 Å². The van der Waals surface area contributed by atoms with Crippen molar-refractivity contribution >= 4 is 28.5 Å². The van der Waals surface area contributed by atoms with E-state index >= 15 is 0 Å². The Kier molecular flexibility index (Phi) is 5.52. The fourth-order valence-electron chi connectivity index (χ4n) is 5.51. The molecule has 3 aliphatic rings. The normalized spacial score (nSPS) is 21.1. The van der Waals surface area contributed by atoms with Gasteiger partial charge < -0.3 is 15.6 Å². The summed E-state index contributed by atoms with van der Waals surface area (Å²) in [5.41, 5.74) is 4.31. The second-order valence-corrected chi connectivity index (χ2v) is 9.69. The second kappa shape index (κ2) is 8.98. The number of benzene rings is 2. The number of nitrogens with zero attached hydrogens (tertiary/aromatic N) is 2. The van der Waals surface area contributed by atoms with Crippen molar-refractivity contribution < 1.29 is 9.59 Å². The maximum atomic E-state index is 13.0. The summed E-state index contributed by atoms with van der Waals surface area (Å²) in [6.45, 7) is 0. The van der Waals surface area contributed by atoms with Gasteiger partial charge in [-0.15, -0.1) is 0 Å². The molecule has 2 amide bonds. The Bertz CT molecular complexity index is 1370. The van der Waals surface area contributed by atoms with Crippen molar-refractivity contribution in [2.45, 2.75) is 38.1 Å². The first-order valence-corrected chi connectivity index (χ1v) is 12.2. The van der Waals surface area contributed by atoms with Gasteiger partial charge in [0.15, 0.2) is 0 Å². The third-order valence-electron chi connectivity index (χ3n) is 7.45. The summed E-state index contributed by atoms with van der Waals surface area (Å²) in [5.74, 6) is 1.88. The molecule has 7 rings (SSSR count). The number of imidazole rings is 1. The van der Waals surface area contributed by atoms with Crippen LogP contribution in [-0.2, 0) is 0 Å². The van der Waals surface area contributed by atoms with Gasteiger partial charge in [-0.25, -0.2) is 4.98 Å². The predicted octanol–water partition coefficient (Wildman–Crippen LogP) is 5.19. The lowest BCUT2D eigenvalue weighted by Gasteiger charge is -2.42. The van der Waals surface area contributed by atoms with Crippen LogP contribution in [0.5, 0.6) is 0 Å². The second-order valence-electron chi connectivity index (χ2n) is 9.69. The first kappa shape index (κ1) is 21.5. The van der Waals surface area contributed by atoms with Gasteiger partial charge in [0.1, 0.15) is 5.82 Å². The molecule has 0 spiro atoms. The van der Waals surface area contributed by atoms with E-state index < -0.39 is 0 Å². The minimum Gasteiger partial charge on any atom is -0.349 e. The highest BCUT2D eigenvalue weighted by molar-refractivity contribution is 6.04. The first-order valence-electron chi connectivity index (χ1n) is 12.2. The number of carbonyl (C=O) groups is 2. The van der Waals surface area contributed by atoms with Crippen LogP contribution in [0.2, 0.25) is 0 Å². The highest BCUT2D eigenvalue weighted by Crippen LogP contribution is 2.41. The molecule has 3 aliphatic carbocycles. The number of anilines is 1. The van der Waals surface area contributed by atoms with Crippen LogP contribution in [0.25, 0.3) is 22.4 Å². The lowest BCUT2D eigenvalue weighted by molar-refractivity contribution is 0.0810. The van der Waals surface area contributed by atoms with E-state index in [0.29, 0.717) is 34.6 Å². The number of aromatic amines is 1. The number of H-pyrrole nitrogens is 1. The molecular weight excluding hydrogens is 438 g/mol. The fraction of sp³-hybridized carbons (Fsp3) is 0.286. The number of amides is 2. The van der Waals surface area contributed by atoms with E-state index in [1.54, 1.807) is 36.7 Å². The summed E-state index contributed by atoms with van der Waals surface area (Å²) in [5, 5.41) is 6.12. The maximum Gasteiger partial charge on any atom is 0.255 e. The Labute approximate surface area is 203 Å². The van der Waals surface area contributed by atoms with Crippen LogP contribution in [0.15, 0.2) is 67.0 Å². The van der Waals surface area contributed by atoms with Crippen LogP contribution in [0.3, 0.4) is 0 Å². The zero-order chi connectivity index (χ0) is 23.8. The van der Waals surface area contributed by atoms with Crippen LogP contribution >= 0.6 is 0 Å². The van der Waals surface area contributed by atoms with E-state index in [1.165, 1.54) is 25.7 Å². The van der Waals surface area contributed by atoms with E-state index in [9.17, 15) is 9.59 Å². The molecule has 1 unspecified atom stereocenters. The highest BCUT2D eigenvalue weighted by atomic mass is 16.2. The van der Waals surface area contributed by atoms with Crippen molar-refractivity contribution in [2.24, 2.45) is 11.8 Å².